The van der Waals surface area contributed by atoms with Crippen LogP contribution in [-0.4, -0.2) is 5.11 Å². The zero-order chi connectivity index (χ0) is 15.1. The van der Waals surface area contributed by atoms with E-state index in [1.54, 1.807) is 0 Å². The minimum atomic E-state index is -0.332. The van der Waals surface area contributed by atoms with Crippen LogP contribution in [0.5, 0.6) is 0 Å². The third-order valence-corrected chi connectivity index (χ3v) is 4.37. The van der Waals surface area contributed by atoms with Crippen LogP contribution in [0.15, 0.2) is 36.4 Å². The Hall–Kier alpha value is -1.34. The van der Waals surface area contributed by atoms with Crippen molar-refractivity contribution < 1.29 is 5.11 Å². The predicted octanol–water partition coefficient (Wildman–Crippen LogP) is 5.93. The molecule has 0 fully saturated rings. The first-order valence-electron chi connectivity index (χ1n) is 8.40. The Labute approximate surface area is 129 Å². The molecule has 0 aliphatic carbocycles. The van der Waals surface area contributed by atoms with Gasteiger partial charge in [-0.25, -0.2) is 0 Å². The summed E-state index contributed by atoms with van der Waals surface area (Å²) in [4.78, 5) is 0. The van der Waals surface area contributed by atoms with Crippen molar-refractivity contribution in [2.75, 3.05) is 0 Å². The monoisotopic (exact) mass is 284 g/mol. The van der Waals surface area contributed by atoms with Crippen LogP contribution in [0.25, 0.3) is 10.8 Å². The lowest BCUT2D eigenvalue weighted by Gasteiger charge is -2.15. The zero-order valence-electron chi connectivity index (χ0n) is 13.4. The maximum absolute atomic E-state index is 10.5. The zero-order valence-corrected chi connectivity index (χ0v) is 13.4. The summed E-state index contributed by atoms with van der Waals surface area (Å²) in [6, 6.07) is 12.6. The minimum absolute atomic E-state index is 0.332. The highest BCUT2D eigenvalue weighted by Gasteiger charge is 2.11. The number of rotatable bonds is 8. The molecule has 1 unspecified atom stereocenters. The lowest BCUT2D eigenvalue weighted by atomic mass is 9.94. The molecule has 0 saturated carbocycles. The quantitative estimate of drug-likeness (QED) is 0.595. The van der Waals surface area contributed by atoms with Gasteiger partial charge in [0, 0.05) is 0 Å². The molecular formula is C20H28O. The van der Waals surface area contributed by atoms with Gasteiger partial charge in [-0.2, -0.15) is 0 Å². The summed E-state index contributed by atoms with van der Waals surface area (Å²) in [5.41, 5.74) is 2.37. The molecule has 2 aromatic rings. The van der Waals surface area contributed by atoms with Crippen LogP contribution in [-0.2, 0) is 0 Å². The average Bonchev–Trinajstić information content (AvgIpc) is 2.51. The van der Waals surface area contributed by atoms with E-state index in [0.717, 1.165) is 18.4 Å². The molecular weight excluding hydrogens is 256 g/mol. The summed E-state index contributed by atoms with van der Waals surface area (Å²) >= 11 is 0. The van der Waals surface area contributed by atoms with Crippen molar-refractivity contribution in [3.8, 4) is 0 Å². The molecule has 1 nitrogen and oxygen atoms in total. The number of aliphatic hydroxyl groups excluding tert-OH is 1. The number of aryl methyl sites for hydroxylation is 1. The van der Waals surface area contributed by atoms with Gasteiger partial charge in [-0.1, -0.05) is 81.8 Å². The van der Waals surface area contributed by atoms with E-state index in [4.69, 9.17) is 0 Å². The summed E-state index contributed by atoms with van der Waals surface area (Å²) in [6.45, 7) is 4.37. The van der Waals surface area contributed by atoms with E-state index in [1.807, 2.05) is 0 Å². The van der Waals surface area contributed by atoms with Gasteiger partial charge >= 0.3 is 0 Å². The Morgan fingerprint density at radius 3 is 2.29 bits per heavy atom. The van der Waals surface area contributed by atoms with Gasteiger partial charge in [-0.3, -0.25) is 0 Å². The molecule has 0 radical (unpaired) electrons. The van der Waals surface area contributed by atoms with E-state index in [-0.39, 0.29) is 6.10 Å². The molecule has 1 atom stereocenters. The van der Waals surface area contributed by atoms with Crippen molar-refractivity contribution in [2.24, 2.45) is 0 Å². The van der Waals surface area contributed by atoms with Crippen LogP contribution in [0.1, 0.15) is 69.1 Å². The van der Waals surface area contributed by atoms with Crippen molar-refractivity contribution >= 4 is 10.8 Å². The molecule has 0 aliphatic rings. The second kappa shape index (κ2) is 8.19. The van der Waals surface area contributed by atoms with Gasteiger partial charge in [-0.05, 0) is 35.2 Å². The second-order valence-corrected chi connectivity index (χ2v) is 6.09. The van der Waals surface area contributed by atoms with Gasteiger partial charge in [0.25, 0.3) is 0 Å². The van der Waals surface area contributed by atoms with Crippen LogP contribution in [0, 0.1) is 6.92 Å². The van der Waals surface area contributed by atoms with E-state index in [9.17, 15) is 5.11 Å². The first-order valence-corrected chi connectivity index (χ1v) is 8.40. The minimum Gasteiger partial charge on any atom is -0.388 e. The number of unbranched alkanes of at least 4 members (excludes halogenated alkanes) is 5. The van der Waals surface area contributed by atoms with Gasteiger partial charge in [0.1, 0.15) is 0 Å². The molecule has 1 heteroatoms. The van der Waals surface area contributed by atoms with Gasteiger partial charge in [0.2, 0.25) is 0 Å². The molecule has 2 aromatic carbocycles. The highest BCUT2D eigenvalue weighted by molar-refractivity contribution is 5.88. The Morgan fingerprint density at radius 2 is 1.52 bits per heavy atom. The normalized spacial score (nSPS) is 12.7. The Bertz CT molecular complexity index is 559. The largest absolute Gasteiger partial charge is 0.388 e. The molecule has 0 amide bonds. The van der Waals surface area contributed by atoms with Crippen LogP contribution in [0.4, 0.5) is 0 Å². The molecule has 1 N–H and O–H groups in total. The Kier molecular flexibility index (Phi) is 6.25. The second-order valence-electron chi connectivity index (χ2n) is 6.09. The standard InChI is InChI=1S/C20H28O/c1-3-4-5-6-7-8-13-20(21)19-15-14-16(2)17-11-9-10-12-18(17)19/h9-12,14-15,20-21H,3-8,13H2,1-2H3. The highest BCUT2D eigenvalue weighted by Crippen LogP contribution is 2.29. The van der Waals surface area contributed by atoms with E-state index in [1.165, 1.54) is 48.4 Å². The average molecular weight is 284 g/mol. The van der Waals surface area contributed by atoms with E-state index in [0.29, 0.717) is 0 Å². The third-order valence-electron chi connectivity index (χ3n) is 4.37. The Balaban J connectivity index is 1.97. The fraction of sp³-hybridized carbons (Fsp3) is 0.500. The lowest BCUT2D eigenvalue weighted by molar-refractivity contribution is 0.165. The molecule has 0 aromatic heterocycles. The topological polar surface area (TPSA) is 20.2 Å². The summed E-state index contributed by atoms with van der Waals surface area (Å²) in [5.74, 6) is 0. The van der Waals surface area contributed by atoms with Crippen molar-refractivity contribution in [3.63, 3.8) is 0 Å². The van der Waals surface area contributed by atoms with Crippen LogP contribution >= 0.6 is 0 Å². The molecule has 21 heavy (non-hydrogen) atoms. The van der Waals surface area contributed by atoms with E-state index < -0.39 is 0 Å². The van der Waals surface area contributed by atoms with Crippen LogP contribution in [0.3, 0.4) is 0 Å². The van der Waals surface area contributed by atoms with Crippen LogP contribution < -0.4 is 0 Å². The van der Waals surface area contributed by atoms with E-state index >= 15 is 0 Å². The SMILES string of the molecule is CCCCCCCCC(O)c1ccc(C)c2ccccc12. The molecule has 0 aliphatic heterocycles. The first-order chi connectivity index (χ1) is 10.2. The molecule has 0 spiro atoms. The molecule has 0 saturated heterocycles. The van der Waals surface area contributed by atoms with Crippen molar-refractivity contribution in [1.29, 1.82) is 0 Å². The molecule has 0 heterocycles. The molecule has 2 rings (SSSR count). The smallest absolute Gasteiger partial charge is 0.0796 e. The fourth-order valence-electron chi connectivity index (χ4n) is 3.04. The summed E-state index contributed by atoms with van der Waals surface area (Å²) < 4.78 is 0. The van der Waals surface area contributed by atoms with Crippen molar-refractivity contribution in [3.05, 3.63) is 47.5 Å². The fourth-order valence-corrected chi connectivity index (χ4v) is 3.04. The summed E-state index contributed by atoms with van der Waals surface area (Å²) in [6.07, 6.45) is 8.16. The van der Waals surface area contributed by atoms with Gasteiger partial charge < -0.3 is 5.11 Å². The third kappa shape index (κ3) is 4.31. The Morgan fingerprint density at radius 1 is 0.857 bits per heavy atom. The van der Waals surface area contributed by atoms with E-state index in [2.05, 4.69) is 50.2 Å². The lowest BCUT2D eigenvalue weighted by Crippen LogP contribution is -1.99. The maximum Gasteiger partial charge on any atom is 0.0796 e. The molecule has 114 valence electrons. The predicted molar refractivity (Wildman–Crippen MR) is 91.6 cm³/mol. The van der Waals surface area contributed by atoms with Gasteiger partial charge in [0.05, 0.1) is 6.10 Å². The number of aliphatic hydroxyl groups is 1. The number of fused-ring (bicyclic) bond motifs is 1. The number of hydrogen-bond acceptors (Lipinski definition) is 1. The number of hydrogen-bond donors (Lipinski definition) is 1. The summed E-state index contributed by atoms with van der Waals surface area (Å²) in [7, 11) is 0. The van der Waals surface area contributed by atoms with Crippen molar-refractivity contribution in [1.82, 2.24) is 0 Å². The number of benzene rings is 2. The highest BCUT2D eigenvalue weighted by atomic mass is 16.3. The van der Waals surface area contributed by atoms with Gasteiger partial charge in [-0.15, -0.1) is 0 Å². The summed E-state index contributed by atoms with van der Waals surface area (Å²) in [5, 5.41) is 13.0. The van der Waals surface area contributed by atoms with Gasteiger partial charge in [0.15, 0.2) is 0 Å². The molecule has 0 bridgehead atoms. The first kappa shape index (κ1) is 16.0. The maximum atomic E-state index is 10.5. The van der Waals surface area contributed by atoms with Crippen molar-refractivity contribution in [2.45, 2.75) is 64.9 Å². The van der Waals surface area contributed by atoms with Crippen LogP contribution in [0.2, 0.25) is 0 Å².